The summed E-state index contributed by atoms with van der Waals surface area (Å²) in [6.45, 7) is 11.5. The number of nitrogens with zero attached hydrogens (tertiary/aromatic N) is 4. The number of nitrogens with one attached hydrogen (secondary N) is 1. The Hall–Kier alpha value is -4.89. The zero-order valence-corrected chi connectivity index (χ0v) is 32.7. The second-order valence-corrected chi connectivity index (χ2v) is 17.7. The van der Waals surface area contributed by atoms with Crippen molar-refractivity contribution in [3.8, 4) is 34.4 Å². The molecule has 1 N–H and O–H groups in total. The summed E-state index contributed by atoms with van der Waals surface area (Å²) in [4.78, 5) is 9.35. The topological polar surface area (TPSA) is 120 Å². The average Bonchev–Trinajstić information content (AvgIpc) is 3.19. The van der Waals surface area contributed by atoms with Gasteiger partial charge in [0.2, 0.25) is 10.0 Å². The Morgan fingerprint density at radius 2 is 1.20 bits per heavy atom. The maximum Gasteiger partial charge on any atom is 0.214 e. The first-order chi connectivity index (χ1) is 26.0. The lowest BCUT2D eigenvalue weighted by Gasteiger charge is -2.43. The third kappa shape index (κ3) is 8.57. The van der Waals surface area contributed by atoms with Gasteiger partial charge in [-0.2, -0.15) is 10.5 Å². The molecule has 2 aliphatic rings. The van der Waals surface area contributed by atoms with Crippen LogP contribution in [-0.4, -0.2) is 30.2 Å². The molecule has 7 nitrogen and oxygen atoms in total. The van der Waals surface area contributed by atoms with Gasteiger partial charge in [-0.25, -0.2) is 13.1 Å². The van der Waals surface area contributed by atoms with Crippen molar-refractivity contribution in [1.82, 2.24) is 14.7 Å². The molecule has 0 aliphatic heterocycles. The van der Waals surface area contributed by atoms with E-state index >= 15 is 0 Å². The van der Waals surface area contributed by atoms with Crippen LogP contribution in [0.3, 0.4) is 0 Å². The lowest BCUT2D eigenvalue weighted by Crippen LogP contribution is -2.49. The fourth-order valence-corrected chi connectivity index (χ4v) is 10.7. The first kappa shape index (κ1) is 38.8. The van der Waals surface area contributed by atoms with Crippen LogP contribution in [0.4, 0.5) is 0 Å². The summed E-state index contributed by atoms with van der Waals surface area (Å²) < 4.78 is 31.4. The molecule has 2 fully saturated rings. The molecular weight excluding hydrogens is 687 g/mol. The molecule has 2 saturated carbocycles. The number of benzene rings is 2. The Bertz CT molecular complexity index is 2160. The highest BCUT2D eigenvalue weighted by atomic mass is 32.2. The Labute approximate surface area is 322 Å². The van der Waals surface area contributed by atoms with Gasteiger partial charge in [0, 0.05) is 41.2 Å². The summed E-state index contributed by atoms with van der Waals surface area (Å²) in [6, 6.07) is 27.5. The summed E-state index contributed by atoms with van der Waals surface area (Å²) in [5.74, 6) is 1.91. The van der Waals surface area contributed by atoms with Crippen molar-refractivity contribution in [2.75, 3.05) is 6.54 Å². The molecule has 2 aliphatic carbocycles. The third-order valence-corrected chi connectivity index (χ3v) is 14.5. The van der Waals surface area contributed by atoms with Crippen molar-refractivity contribution >= 4 is 22.2 Å². The van der Waals surface area contributed by atoms with Crippen LogP contribution >= 0.6 is 0 Å². The molecule has 278 valence electrons. The summed E-state index contributed by atoms with van der Waals surface area (Å²) in [5.41, 5.74) is 6.39. The highest BCUT2D eigenvalue weighted by Crippen LogP contribution is 2.43. The number of sulfonamides is 1. The first-order valence-electron chi connectivity index (χ1n) is 19.3. The van der Waals surface area contributed by atoms with Gasteiger partial charge in [0.25, 0.3) is 0 Å². The Morgan fingerprint density at radius 1 is 0.685 bits per heavy atom. The highest BCUT2D eigenvalue weighted by molar-refractivity contribution is 7.90. The Balaban J connectivity index is 1.13. The Morgan fingerprint density at radius 3 is 1.72 bits per heavy atom. The normalized spacial score (nSPS) is 27.4. The van der Waals surface area contributed by atoms with Gasteiger partial charge in [-0.15, -0.1) is 0 Å². The van der Waals surface area contributed by atoms with Crippen LogP contribution in [0, 0.1) is 70.0 Å². The largest absolute Gasteiger partial charge is 0.256 e. The van der Waals surface area contributed by atoms with Crippen LogP contribution in [0.5, 0.6) is 0 Å². The number of pyridine rings is 2. The number of allylic oxidation sites excluding steroid dienone is 2. The Kier molecular flexibility index (Phi) is 12.3. The van der Waals surface area contributed by atoms with Crippen LogP contribution in [0.2, 0.25) is 0 Å². The fourth-order valence-electron chi connectivity index (χ4n) is 8.71. The number of hydrogen-bond acceptors (Lipinski definition) is 6. The summed E-state index contributed by atoms with van der Waals surface area (Å²) in [6.07, 6.45) is 14.8. The van der Waals surface area contributed by atoms with Crippen LogP contribution < -0.4 is 4.72 Å². The number of rotatable bonds is 10. The molecule has 0 saturated heterocycles. The van der Waals surface area contributed by atoms with Gasteiger partial charge in [-0.1, -0.05) is 102 Å². The maximum absolute atomic E-state index is 14.1. The van der Waals surface area contributed by atoms with E-state index in [1.807, 2.05) is 79.0 Å². The predicted molar refractivity (Wildman–Crippen MR) is 218 cm³/mol. The van der Waals surface area contributed by atoms with Crippen LogP contribution in [0.25, 0.3) is 34.4 Å². The van der Waals surface area contributed by atoms with Crippen molar-refractivity contribution in [3.05, 3.63) is 120 Å². The van der Waals surface area contributed by atoms with E-state index in [9.17, 15) is 18.9 Å². The molecule has 9 atom stereocenters. The van der Waals surface area contributed by atoms with Gasteiger partial charge in [0.05, 0.1) is 39.9 Å². The minimum Gasteiger partial charge on any atom is -0.256 e. The molecule has 6 rings (SSSR count). The molecule has 54 heavy (non-hydrogen) atoms. The zero-order valence-electron chi connectivity index (χ0n) is 31.9. The lowest BCUT2D eigenvalue weighted by atomic mass is 9.68. The van der Waals surface area contributed by atoms with Crippen molar-refractivity contribution in [2.45, 2.75) is 59.1 Å². The van der Waals surface area contributed by atoms with Crippen molar-refractivity contribution < 1.29 is 8.42 Å². The summed E-state index contributed by atoms with van der Waals surface area (Å²) >= 11 is 0. The molecule has 2 heterocycles. The van der Waals surface area contributed by atoms with Gasteiger partial charge in [0.1, 0.15) is 0 Å². The highest BCUT2D eigenvalue weighted by Gasteiger charge is 2.44. The molecule has 2 aromatic heterocycles. The SMILES string of the molecule is CC1C(S(=O)(=O)NC[C@H]2CC[C@H](C)[C@@H](C)[C@@H]2C=Cc2ccc(-c3ccccc3C#N)cn2)C[C@H](C)[C@@H](C)[C@@H]1C=Cc1ccc(-c2ccccc2C#N)cn1. The van der Waals surface area contributed by atoms with Crippen LogP contribution in [-0.2, 0) is 10.0 Å². The lowest BCUT2D eigenvalue weighted by molar-refractivity contribution is 0.148. The second-order valence-electron chi connectivity index (χ2n) is 15.7. The van der Waals surface area contributed by atoms with E-state index in [1.54, 1.807) is 12.3 Å². The maximum atomic E-state index is 14.1. The molecule has 0 bridgehead atoms. The van der Waals surface area contributed by atoms with Gasteiger partial charge < -0.3 is 0 Å². The molecule has 0 radical (unpaired) electrons. The molecular formula is C46H51N5O2S. The molecule has 0 spiro atoms. The van der Waals surface area contributed by atoms with Crippen LogP contribution in [0.1, 0.15) is 76.4 Å². The van der Waals surface area contributed by atoms with Crippen molar-refractivity contribution in [3.63, 3.8) is 0 Å². The fraction of sp³-hybridized carbons (Fsp3) is 0.391. The quantitative estimate of drug-likeness (QED) is 0.173. The molecule has 4 aromatic rings. The molecule has 2 aromatic carbocycles. The first-order valence-corrected chi connectivity index (χ1v) is 20.8. The van der Waals surface area contributed by atoms with Crippen LogP contribution in [0.15, 0.2) is 97.3 Å². The van der Waals surface area contributed by atoms with E-state index in [2.05, 4.69) is 79.7 Å². The minimum atomic E-state index is -3.59. The van der Waals surface area contributed by atoms with E-state index in [4.69, 9.17) is 0 Å². The summed E-state index contributed by atoms with van der Waals surface area (Å²) in [5, 5.41) is 18.5. The molecule has 8 heteroatoms. The van der Waals surface area contributed by atoms with Gasteiger partial charge in [0.15, 0.2) is 0 Å². The van der Waals surface area contributed by atoms with E-state index in [0.717, 1.165) is 46.5 Å². The van der Waals surface area contributed by atoms with E-state index in [0.29, 0.717) is 41.8 Å². The zero-order chi connectivity index (χ0) is 38.4. The average molecular weight is 738 g/mol. The van der Waals surface area contributed by atoms with Gasteiger partial charge in [-0.05, 0) is 96.6 Å². The predicted octanol–water partition coefficient (Wildman–Crippen LogP) is 9.80. The number of nitriles is 2. The monoisotopic (exact) mass is 737 g/mol. The smallest absolute Gasteiger partial charge is 0.214 e. The summed E-state index contributed by atoms with van der Waals surface area (Å²) in [7, 11) is -3.59. The number of aromatic nitrogens is 2. The number of hydrogen-bond donors (Lipinski definition) is 1. The van der Waals surface area contributed by atoms with E-state index in [1.165, 1.54) is 0 Å². The molecule has 2 unspecified atom stereocenters. The van der Waals surface area contributed by atoms with Gasteiger partial charge in [-0.3, -0.25) is 9.97 Å². The van der Waals surface area contributed by atoms with Crippen molar-refractivity contribution in [2.24, 2.45) is 47.3 Å². The standard InChI is InChI=1S/C46H51N5O2S/c1-30-14-15-39(43(32(30)3)23-21-41-19-17-38(28-50-41)45-13-9-7-11-36(45)26-48)29-51-54(52,53)46-24-31(2)33(4)42(34(46)5)22-20-40-18-16-37(27-49-40)44-12-8-6-10-35(44)25-47/h6-13,16-23,27-28,30-34,39,42-43,46,51H,14-15,24,29H2,1-5H3/t30-,31-,32+,33+,34?,39+,42-,43-,46?/m0/s1. The van der Waals surface area contributed by atoms with Gasteiger partial charge >= 0.3 is 0 Å². The van der Waals surface area contributed by atoms with E-state index in [-0.39, 0.29) is 29.6 Å². The molecule has 0 amide bonds. The minimum absolute atomic E-state index is 0.0677. The third-order valence-electron chi connectivity index (χ3n) is 12.6. The van der Waals surface area contributed by atoms with E-state index < -0.39 is 15.3 Å². The van der Waals surface area contributed by atoms with Crippen molar-refractivity contribution in [1.29, 1.82) is 10.5 Å². The second kappa shape index (κ2) is 17.1.